The molecule has 0 unspecified atom stereocenters. The van der Waals surface area contributed by atoms with Crippen LogP contribution in [0, 0.1) is 0 Å². The second kappa shape index (κ2) is 205. The van der Waals surface area contributed by atoms with E-state index in [0.717, 1.165) is 0 Å². The molecule has 0 saturated heterocycles. The molecule has 0 aliphatic rings. The molecule has 3 aromatic rings. The van der Waals surface area contributed by atoms with Crippen molar-refractivity contribution >= 4 is 38.2 Å². The molecule has 0 aliphatic carbocycles. The summed E-state index contributed by atoms with van der Waals surface area (Å²) in [6.07, 6.45) is 18.0. The van der Waals surface area contributed by atoms with Crippen molar-refractivity contribution in [3.63, 3.8) is 0 Å². The molecule has 0 bridgehead atoms. The van der Waals surface area contributed by atoms with Crippen molar-refractivity contribution in [2.75, 3.05) is 17.3 Å². The van der Waals surface area contributed by atoms with Crippen LogP contribution in [0.25, 0.3) is 0 Å². The van der Waals surface area contributed by atoms with Crippen molar-refractivity contribution in [2.24, 2.45) is 21.1 Å². The van der Waals surface area contributed by atoms with Gasteiger partial charge < -0.3 is 216 Å². The van der Waals surface area contributed by atoms with E-state index in [1.807, 2.05) is 105 Å². The van der Waals surface area contributed by atoms with Crippen molar-refractivity contribution < 1.29 is 522 Å². The van der Waals surface area contributed by atoms with E-state index in [2.05, 4.69) is 0 Å². The summed E-state index contributed by atoms with van der Waals surface area (Å²) >= 11 is 0. The SMILES string of the molecule is C[n+]1ccn(CCCS(=O)(=O)O)c1.C[n+]1ccn(CCCS(=O)(=O)O)c1.C[n+]1ccn(CCCS(=O)(=O)O)c1.O=P([O-])([O-])[O-].[Mo].[Mo].[Mo].[Mo].[Mo].[Mo].[Mo].[Mo].[Mo].[Mo].[Mo].[Mo].[O-2].[O-2].[O-2].[O-2].[O-2].[O-2].[O-2].[O-2].[O-2].[O-2].[O-2].[O-2].[O-2].[O-2].[O-2].[O-2].[O-2].[O-2].[O-2].[O-2].[O-2].[O-2].[O-2].[O-2].[O-2].[O-2].[O-2].[O-2].[O-2].[O-2].[O-2].[O-2].[O-2].[O-2].[O-2].[O-2]. The molecule has 92 heavy (non-hydrogen) atoms. The Kier molecular flexibility index (Phi) is 871. The van der Waals surface area contributed by atoms with E-state index < -0.39 is 38.2 Å². The minimum atomic E-state index is -5.39. The van der Waals surface area contributed by atoms with E-state index in [9.17, 15) is 25.3 Å². The molecule has 0 atom stereocenters. The van der Waals surface area contributed by atoms with Gasteiger partial charge >= 0.3 is 0 Å². The van der Waals surface area contributed by atoms with Crippen LogP contribution in [0.4, 0.5) is 0 Å². The summed E-state index contributed by atoms with van der Waals surface area (Å²) in [4.78, 5) is 25.6. The first kappa shape index (κ1) is 391. The molecule has 0 amide bonds. The molecule has 3 N–H and O–H groups in total. The molecule has 71 heteroatoms. The van der Waals surface area contributed by atoms with Crippen LogP contribution in [0.1, 0.15) is 19.3 Å². The molecule has 0 fully saturated rings. The molecular weight excluding hydrogens is 2400 g/mol. The third kappa shape index (κ3) is 300. The Morgan fingerprint density at radius 1 is 0.293 bits per heavy atom. The zero-order chi connectivity index (χ0) is 34.2. The number of aryl methyl sites for hydroxylation is 6. The summed E-state index contributed by atoms with van der Waals surface area (Å²) in [5, 5.41) is 0. The summed E-state index contributed by atoms with van der Waals surface area (Å²) in [5.74, 6) is -0.557. The fourth-order valence-corrected chi connectivity index (χ4v) is 4.67. The van der Waals surface area contributed by atoms with Crippen molar-refractivity contribution in [3.05, 3.63) is 56.2 Å². The van der Waals surface area contributed by atoms with Crippen LogP contribution < -0.4 is 28.4 Å². The maximum Gasteiger partial charge on any atom is 0.265 e. The van der Waals surface area contributed by atoms with Gasteiger partial charge in [-0.3, -0.25) is 13.7 Å². The van der Waals surface area contributed by atoms with E-state index in [1.165, 1.54) is 0 Å². The fraction of sp³-hybridized carbons (Fsp3) is 0.571. The number of nitrogens with zero attached hydrogens (tertiary/aromatic N) is 6. The van der Waals surface area contributed by atoms with Gasteiger partial charge in [0.15, 0.2) is 0 Å². The van der Waals surface area contributed by atoms with Crippen LogP contribution in [-0.4, -0.2) is 69.9 Å². The zero-order valence-corrected chi connectivity index (χ0v) is 71.4. The van der Waals surface area contributed by atoms with Crippen molar-refractivity contribution in [3.8, 4) is 0 Å². The smallest absolute Gasteiger partial charge is 0.265 e. The molecule has 3 aromatic heterocycles. The van der Waals surface area contributed by atoms with Gasteiger partial charge in [-0.25, -0.2) is 27.4 Å². The third-order valence-electron chi connectivity index (χ3n) is 4.93. The van der Waals surface area contributed by atoms with Gasteiger partial charge in [-0.15, -0.1) is 0 Å². The Morgan fingerprint density at radius 2 is 0.391 bits per heavy atom. The summed E-state index contributed by atoms with van der Waals surface area (Å²) in [6, 6.07) is 0. The molecular formula is C21H39Mo12N6O49PS3-72. The number of rotatable bonds is 12. The maximum absolute atomic E-state index is 10.4. The van der Waals surface area contributed by atoms with Crippen molar-refractivity contribution in [1.29, 1.82) is 0 Å². The molecule has 0 aromatic carbocycles. The van der Waals surface area contributed by atoms with Gasteiger partial charge in [0.25, 0.3) is 30.4 Å². The Bertz CT molecular complexity index is 1530. The molecule has 0 spiro atoms. The Hall–Kier alpha value is 4.29. The van der Waals surface area contributed by atoms with Gasteiger partial charge in [0.2, 0.25) is 19.0 Å². The topological polar surface area (TPSA) is 1300 Å². The molecule has 0 saturated carbocycles. The minimum Gasteiger partial charge on any atom is -2.00 e. The number of imidazole rings is 3. The van der Waals surface area contributed by atoms with E-state index >= 15 is 0 Å². The summed E-state index contributed by atoms with van der Waals surface area (Å²) in [7, 11) is -11.1. The first-order valence-corrected chi connectivity index (χ1v) is 18.8. The number of hydrogen-bond donors (Lipinski definition) is 3. The van der Waals surface area contributed by atoms with Crippen LogP contribution in [0.3, 0.4) is 0 Å². The van der Waals surface area contributed by atoms with Crippen LogP contribution in [-0.2, 0) is 526 Å². The molecule has 0 aliphatic heterocycles. The Balaban J connectivity index is -0.00000000494. The van der Waals surface area contributed by atoms with Gasteiger partial charge in [-0.2, -0.15) is 33.1 Å². The van der Waals surface area contributed by atoms with Crippen LogP contribution in [0.2, 0.25) is 0 Å². The first-order chi connectivity index (χ1) is 19.9. The largest absolute Gasteiger partial charge is 2.00 e. The summed E-state index contributed by atoms with van der Waals surface area (Å²) in [6.45, 7) is 1.79. The predicted octanol–water partition coefficient (Wildman–Crippen LogP) is -8.36. The minimum absolute atomic E-state index is 0. The van der Waals surface area contributed by atoms with Gasteiger partial charge in [0.1, 0.15) is 37.2 Å². The Labute approximate surface area is 698 Å². The number of aromatic nitrogens is 6. The standard InChI is InChI=1S/3C7H12N2O3S.12Mo.H3O4P.36O/c3*1-8-4-5-9(7-8)3-2-6-13(10,11)12;;;;;;;;;;;;;1-5(2,3)4;;;;;;;;;;;;;;;;;;;;;;;;;;;;;;;;;;;;/h3*4-5,7H,2-3,6H2,1H3;;;;;;;;;;;;;(H3,1,2,3,4);;;;;;;;;;;;;;;;;;;;;;;;;;;;;;;;;;;;/q;;;;;;;;;;;;;;;;36*-2. The average Bonchev–Trinajstić information content (AvgIpc) is 3.53. The van der Waals surface area contributed by atoms with Crippen molar-refractivity contribution in [1.82, 2.24) is 13.7 Å². The quantitative estimate of drug-likeness (QED) is 0.0658. The normalized spacial score (nSPS) is 5.66. The predicted molar refractivity (Wildman–Crippen MR) is 172 cm³/mol. The molecule has 0 radical (unpaired) electrons. The first-order valence-electron chi connectivity index (χ1n) is 12.5. The van der Waals surface area contributed by atoms with Gasteiger partial charge in [0.05, 0.1) is 58.0 Å². The van der Waals surface area contributed by atoms with Crippen LogP contribution >= 0.6 is 7.82 Å². The zero-order valence-electron chi connectivity index (χ0n) is 43.9. The second-order valence-electron chi connectivity index (χ2n) is 9.32. The number of hydrogen-bond acceptors (Lipinski definition) is 10. The van der Waals surface area contributed by atoms with Crippen LogP contribution in [0.5, 0.6) is 0 Å². The Morgan fingerprint density at radius 3 is 0.457 bits per heavy atom. The van der Waals surface area contributed by atoms with E-state index in [1.54, 1.807) is 0 Å². The maximum atomic E-state index is 10.4. The molecule has 614 valence electrons. The van der Waals surface area contributed by atoms with E-state index in [0.29, 0.717) is 38.9 Å². The molecule has 55 nitrogen and oxygen atoms in total. The summed E-state index contributed by atoms with van der Waals surface area (Å²) in [5.41, 5.74) is 0. The molecule has 3 rings (SSSR count). The molecule has 3 heterocycles. The summed E-state index contributed by atoms with van der Waals surface area (Å²) < 4.78 is 107. The van der Waals surface area contributed by atoms with Crippen molar-refractivity contribution in [2.45, 2.75) is 38.9 Å². The fourth-order valence-electron chi connectivity index (χ4n) is 3.19. The van der Waals surface area contributed by atoms with E-state index in [-0.39, 0.29) is 467 Å². The number of phosphoric acid groups is 1. The second-order valence-corrected chi connectivity index (χ2v) is 14.9. The van der Waals surface area contributed by atoms with Gasteiger partial charge in [-0.1, -0.05) is 0 Å². The average molecular weight is 2440 g/mol. The third-order valence-corrected chi connectivity index (χ3v) is 7.34. The monoisotopic (exact) mass is 2460 g/mol. The van der Waals surface area contributed by atoms with Gasteiger partial charge in [-0.05, 0) is 0 Å². The van der Waals surface area contributed by atoms with E-state index in [4.69, 9.17) is 32.9 Å². The van der Waals surface area contributed by atoms with Crippen LogP contribution in [0.15, 0.2) is 56.2 Å². The van der Waals surface area contributed by atoms with Gasteiger partial charge in [0, 0.05) is 272 Å².